The number of rotatable bonds is 8. The first-order valence-corrected chi connectivity index (χ1v) is 11.9. The molecule has 6 nitrogen and oxygen atoms in total. The third kappa shape index (κ3) is 5.83. The van der Waals surface area contributed by atoms with E-state index in [1.54, 1.807) is 28.6 Å². The Bertz CT molecular complexity index is 932. The average molecular weight is 431 g/mol. The Morgan fingerprint density at radius 2 is 1.70 bits per heavy atom. The van der Waals surface area contributed by atoms with Crippen molar-refractivity contribution in [1.29, 1.82) is 0 Å². The summed E-state index contributed by atoms with van der Waals surface area (Å²) in [5.74, 6) is 1.24. The van der Waals surface area contributed by atoms with Gasteiger partial charge in [-0.15, -0.1) is 0 Å². The summed E-state index contributed by atoms with van der Waals surface area (Å²) >= 11 is 0. The highest BCUT2D eigenvalue weighted by Gasteiger charge is 2.29. The third-order valence-electron chi connectivity index (χ3n) is 5.46. The van der Waals surface area contributed by atoms with Crippen molar-refractivity contribution < 1.29 is 17.9 Å². The summed E-state index contributed by atoms with van der Waals surface area (Å²) in [6.07, 6.45) is 3.81. The highest BCUT2D eigenvalue weighted by Crippen LogP contribution is 2.27. The number of hydrogen-bond donors (Lipinski definition) is 1. The van der Waals surface area contributed by atoms with Gasteiger partial charge in [0.1, 0.15) is 5.75 Å². The predicted molar refractivity (Wildman–Crippen MR) is 118 cm³/mol. The molecule has 162 valence electrons. The van der Waals surface area contributed by atoms with E-state index in [1.165, 1.54) is 12.5 Å². The second-order valence-electron chi connectivity index (χ2n) is 7.67. The topological polar surface area (TPSA) is 75.7 Å². The highest BCUT2D eigenvalue weighted by atomic mass is 32.2. The lowest BCUT2D eigenvalue weighted by Crippen LogP contribution is -2.38. The summed E-state index contributed by atoms with van der Waals surface area (Å²) < 4.78 is 32.9. The van der Waals surface area contributed by atoms with Crippen LogP contribution in [0, 0.1) is 5.92 Å². The summed E-state index contributed by atoms with van der Waals surface area (Å²) in [5, 5.41) is 2.65. The molecule has 0 radical (unpaired) electrons. The standard InChI is InChI=1S/C23H30N2O4S/c1-3-29-22-10-6-19(7-11-22)4-5-20-14-16-25(17-15-20)30(27,28)23-12-8-21(9-13-23)24-18(2)26/h6-13,20H,3-5,14-17H2,1-2H3,(H,24,26). The fourth-order valence-corrected chi connectivity index (χ4v) is 5.26. The second kappa shape index (κ2) is 10.1. The Hall–Kier alpha value is -2.38. The Labute approximate surface area is 179 Å². The molecule has 0 aliphatic carbocycles. The van der Waals surface area contributed by atoms with E-state index < -0.39 is 10.0 Å². The van der Waals surface area contributed by atoms with E-state index in [2.05, 4.69) is 17.4 Å². The molecular formula is C23H30N2O4S. The summed E-state index contributed by atoms with van der Waals surface area (Å²) in [6, 6.07) is 14.6. The number of aryl methyl sites for hydroxylation is 1. The van der Waals surface area contributed by atoms with Gasteiger partial charge in [0, 0.05) is 25.7 Å². The maximum Gasteiger partial charge on any atom is 0.243 e. The molecule has 1 aliphatic heterocycles. The molecule has 0 bridgehead atoms. The van der Waals surface area contributed by atoms with Crippen LogP contribution in [0.1, 0.15) is 38.7 Å². The van der Waals surface area contributed by atoms with E-state index >= 15 is 0 Å². The molecule has 1 amide bonds. The minimum Gasteiger partial charge on any atom is -0.494 e. The van der Waals surface area contributed by atoms with Crippen molar-refractivity contribution >= 4 is 21.6 Å². The van der Waals surface area contributed by atoms with Gasteiger partial charge in [0.15, 0.2) is 0 Å². The fraction of sp³-hybridized carbons (Fsp3) is 0.435. The van der Waals surface area contributed by atoms with Crippen LogP contribution in [0.4, 0.5) is 5.69 Å². The van der Waals surface area contributed by atoms with E-state index in [0.717, 1.165) is 31.4 Å². The maximum atomic E-state index is 12.9. The smallest absolute Gasteiger partial charge is 0.243 e. The minimum absolute atomic E-state index is 0.182. The normalized spacial score (nSPS) is 15.7. The number of carbonyl (C=O) groups is 1. The summed E-state index contributed by atoms with van der Waals surface area (Å²) in [4.78, 5) is 11.4. The van der Waals surface area contributed by atoms with E-state index in [4.69, 9.17) is 4.74 Å². The van der Waals surface area contributed by atoms with Gasteiger partial charge >= 0.3 is 0 Å². The van der Waals surface area contributed by atoms with Crippen molar-refractivity contribution in [3.05, 3.63) is 54.1 Å². The monoisotopic (exact) mass is 430 g/mol. The highest BCUT2D eigenvalue weighted by molar-refractivity contribution is 7.89. The van der Waals surface area contributed by atoms with Crippen LogP contribution in [0.3, 0.4) is 0 Å². The number of nitrogens with zero attached hydrogens (tertiary/aromatic N) is 1. The lowest BCUT2D eigenvalue weighted by molar-refractivity contribution is -0.114. The Morgan fingerprint density at radius 1 is 1.07 bits per heavy atom. The van der Waals surface area contributed by atoms with Crippen LogP contribution >= 0.6 is 0 Å². The van der Waals surface area contributed by atoms with Crippen LogP contribution in [-0.4, -0.2) is 38.3 Å². The molecule has 30 heavy (non-hydrogen) atoms. The van der Waals surface area contributed by atoms with Crippen molar-refractivity contribution in [3.8, 4) is 5.75 Å². The number of sulfonamides is 1. The number of ether oxygens (including phenoxy) is 1. The Morgan fingerprint density at radius 3 is 2.27 bits per heavy atom. The van der Waals surface area contributed by atoms with Crippen molar-refractivity contribution in [3.63, 3.8) is 0 Å². The minimum atomic E-state index is -3.50. The molecule has 0 atom stereocenters. The van der Waals surface area contributed by atoms with Gasteiger partial charge in [0.25, 0.3) is 0 Å². The van der Waals surface area contributed by atoms with Gasteiger partial charge in [-0.1, -0.05) is 12.1 Å². The SMILES string of the molecule is CCOc1ccc(CCC2CCN(S(=O)(=O)c3ccc(NC(C)=O)cc3)CC2)cc1. The van der Waals surface area contributed by atoms with Gasteiger partial charge in [-0.25, -0.2) is 8.42 Å². The third-order valence-corrected chi connectivity index (χ3v) is 7.37. The molecule has 1 saturated heterocycles. The van der Waals surface area contributed by atoms with Crippen LogP contribution in [0.5, 0.6) is 5.75 Å². The van der Waals surface area contributed by atoms with Crippen molar-refractivity contribution in [2.45, 2.75) is 44.4 Å². The predicted octanol–water partition coefficient (Wildman–Crippen LogP) is 4.08. The molecule has 3 rings (SSSR count). The van der Waals surface area contributed by atoms with Crippen molar-refractivity contribution in [1.82, 2.24) is 4.31 Å². The molecule has 0 unspecified atom stereocenters. The zero-order valence-corrected chi connectivity index (χ0v) is 18.5. The zero-order valence-electron chi connectivity index (χ0n) is 17.6. The molecule has 2 aromatic carbocycles. The number of anilines is 1. The molecule has 1 N–H and O–H groups in total. The molecule has 0 aromatic heterocycles. The van der Waals surface area contributed by atoms with Gasteiger partial charge in [0.05, 0.1) is 11.5 Å². The van der Waals surface area contributed by atoms with Crippen LogP contribution < -0.4 is 10.1 Å². The zero-order chi connectivity index (χ0) is 21.6. The number of carbonyl (C=O) groups excluding carboxylic acids is 1. The molecule has 2 aromatic rings. The summed E-state index contributed by atoms with van der Waals surface area (Å²) in [5.41, 5.74) is 1.88. The van der Waals surface area contributed by atoms with Crippen LogP contribution in [-0.2, 0) is 21.2 Å². The van der Waals surface area contributed by atoms with Gasteiger partial charge in [0.2, 0.25) is 15.9 Å². The largest absolute Gasteiger partial charge is 0.494 e. The number of hydrogen-bond acceptors (Lipinski definition) is 4. The number of benzene rings is 2. The first-order valence-electron chi connectivity index (χ1n) is 10.5. The van der Waals surface area contributed by atoms with E-state index in [-0.39, 0.29) is 10.8 Å². The lowest BCUT2D eigenvalue weighted by atomic mass is 9.91. The number of nitrogens with one attached hydrogen (secondary N) is 1. The van der Waals surface area contributed by atoms with Gasteiger partial charge in [-0.05, 0) is 80.5 Å². The molecule has 1 heterocycles. The Kier molecular flexibility index (Phi) is 7.50. The summed E-state index contributed by atoms with van der Waals surface area (Å²) in [6.45, 7) is 5.15. The Balaban J connectivity index is 1.51. The van der Waals surface area contributed by atoms with Crippen molar-refractivity contribution in [2.24, 2.45) is 5.92 Å². The van der Waals surface area contributed by atoms with Gasteiger partial charge in [-0.3, -0.25) is 4.79 Å². The molecule has 0 spiro atoms. The molecule has 7 heteroatoms. The quantitative estimate of drug-likeness (QED) is 0.685. The molecule has 0 saturated carbocycles. The van der Waals surface area contributed by atoms with E-state index in [9.17, 15) is 13.2 Å². The lowest BCUT2D eigenvalue weighted by Gasteiger charge is -2.31. The van der Waals surface area contributed by atoms with Crippen LogP contribution in [0.25, 0.3) is 0 Å². The maximum absolute atomic E-state index is 12.9. The second-order valence-corrected chi connectivity index (χ2v) is 9.61. The average Bonchev–Trinajstić information content (AvgIpc) is 2.74. The first-order chi connectivity index (χ1) is 14.4. The molecule has 1 fully saturated rings. The van der Waals surface area contributed by atoms with Gasteiger partial charge in [-0.2, -0.15) is 4.31 Å². The number of amides is 1. The van der Waals surface area contributed by atoms with Crippen molar-refractivity contribution in [2.75, 3.05) is 25.0 Å². The fourth-order valence-electron chi connectivity index (χ4n) is 3.79. The van der Waals surface area contributed by atoms with E-state index in [1.807, 2.05) is 19.1 Å². The van der Waals surface area contributed by atoms with Crippen LogP contribution in [0.15, 0.2) is 53.4 Å². The molecule has 1 aliphatic rings. The first kappa shape index (κ1) is 22.3. The van der Waals surface area contributed by atoms with Gasteiger partial charge < -0.3 is 10.1 Å². The van der Waals surface area contributed by atoms with E-state index in [0.29, 0.717) is 31.3 Å². The molecular weight excluding hydrogens is 400 g/mol. The van der Waals surface area contributed by atoms with Crippen LogP contribution in [0.2, 0.25) is 0 Å². The summed E-state index contributed by atoms with van der Waals surface area (Å²) in [7, 11) is -3.50. The number of piperidine rings is 1.